The number of nitrogens with zero attached hydrogens (tertiary/aromatic N) is 2. The molecule has 1 aromatic heterocycles. The van der Waals surface area contributed by atoms with Crippen molar-refractivity contribution in [3.8, 4) is 0 Å². The molecule has 4 heteroatoms. The standard InChI is InChI=1S/C12H20N2O2/c1-6-7-9-8-10(14(5)13-9)11(15)16-12(2,3)4/h8H,6-7H2,1-5H3. The van der Waals surface area contributed by atoms with Crippen molar-refractivity contribution in [2.75, 3.05) is 0 Å². The Morgan fingerprint density at radius 1 is 1.50 bits per heavy atom. The van der Waals surface area contributed by atoms with Crippen LogP contribution in [0.25, 0.3) is 0 Å². The van der Waals surface area contributed by atoms with Gasteiger partial charge >= 0.3 is 5.97 Å². The van der Waals surface area contributed by atoms with Crippen LogP contribution < -0.4 is 0 Å². The average molecular weight is 224 g/mol. The maximum Gasteiger partial charge on any atom is 0.357 e. The molecule has 1 rings (SSSR count). The van der Waals surface area contributed by atoms with Gasteiger partial charge in [-0.25, -0.2) is 4.79 Å². The number of carbonyl (C=O) groups excluding carboxylic acids is 1. The summed E-state index contributed by atoms with van der Waals surface area (Å²) in [5.74, 6) is -0.315. The first-order chi connectivity index (χ1) is 7.33. The second kappa shape index (κ2) is 4.68. The van der Waals surface area contributed by atoms with Crippen LogP contribution in [0.5, 0.6) is 0 Å². The van der Waals surface area contributed by atoms with Gasteiger partial charge in [-0.1, -0.05) is 13.3 Å². The van der Waals surface area contributed by atoms with Gasteiger partial charge in [0.2, 0.25) is 0 Å². The van der Waals surface area contributed by atoms with E-state index in [1.807, 2.05) is 20.8 Å². The zero-order chi connectivity index (χ0) is 12.3. The van der Waals surface area contributed by atoms with E-state index in [-0.39, 0.29) is 5.97 Å². The Balaban J connectivity index is 2.83. The van der Waals surface area contributed by atoms with Crippen molar-refractivity contribution >= 4 is 5.97 Å². The lowest BCUT2D eigenvalue weighted by atomic mass is 10.2. The Kier molecular flexibility index (Phi) is 3.73. The minimum absolute atomic E-state index is 0.315. The maximum absolute atomic E-state index is 11.8. The molecule has 90 valence electrons. The van der Waals surface area contributed by atoms with Gasteiger partial charge in [0.15, 0.2) is 0 Å². The third kappa shape index (κ3) is 3.36. The normalized spacial score (nSPS) is 11.6. The highest BCUT2D eigenvalue weighted by Gasteiger charge is 2.21. The van der Waals surface area contributed by atoms with Gasteiger partial charge in [0.1, 0.15) is 11.3 Å². The van der Waals surface area contributed by atoms with E-state index in [0.717, 1.165) is 18.5 Å². The molecular weight excluding hydrogens is 204 g/mol. The number of esters is 1. The quantitative estimate of drug-likeness (QED) is 0.740. The molecule has 0 N–H and O–H groups in total. The first kappa shape index (κ1) is 12.7. The molecule has 0 bridgehead atoms. The van der Waals surface area contributed by atoms with E-state index in [4.69, 9.17) is 4.74 Å². The molecule has 0 saturated heterocycles. The van der Waals surface area contributed by atoms with Crippen LogP contribution in [-0.4, -0.2) is 21.4 Å². The van der Waals surface area contributed by atoms with E-state index in [2.05, 4.69) is 12.0 Å². The summed E-state index contributed by atoms with van der Waals surface area (Å²) in [6.07, 6.45) is 1.90. The van der Waals surface area contributed by atoms with Crippen molar-refractivity contribution in [1.29, 1.82) is 0 Å². The van der Waals surface area contributed by atoms with Gasteiger partial charge in [-0.15, -0.1) is 0 Å². The summed E-state index contributed by atoms with van der Waals surface area (Å²) in [7, 11) is 1.76. The summed E-state index contributed by atoms with van der Waals surface area (Å²) in [5, 5.41) is 4.27. The highest BCUT2D eigenvalue weighted by atomic mass is 16.6. The predicted octanol–water partition coefficient (Wildman–Crippen LogP) is 2.33. The fourth-order valence-electron chi connectivity index (χ4n) is 1.43. The third-order valence-corrected chi connectivity index (χ3v) is 2.04. The number of carbonyl (C=O) groups is 1. The highest BCUT2D eigenvalue weighted by molar-refractivity contribution is 5.87. The second-order valence-electron chi connectivity index (χ2n) is 4.90. The molecule has 0 spiro atoms. The molecule has 16 heavy (non-hydrogen) atoms. The third-order valence-electron chi connectivity index (χ3n) is 2.04. The SMILES string of the molecule is CCCc1cc(C(=O)OC(C)(C)C)n(C)n1. The minimum atomic E-state index is -0.466. The molecule has 1 aromatic rings. The Hall–Kier alpha value is -1.32. The lowest BCUT2D eigenvalue weighted by Crippen LogP contribution is -2.25. The highest BCUT2D eigenvalue weighted by Crippen LogP contribution is 2.13. The van der Waals surface area contributed by atoms with Gasteiger partial charge in [0.25, 0.3) is 0 Å². The Morgan fingerprint density at radius 2 is 2.12 bits per heavy atom. The van der Waals surface area contributed by atoms with Gasteiger partial charge in [0, 0.05) is 7.05 Å². The van der Waals surface area contributed by atoms with Crippen molar-refractivity contribution in [2.24, 2.45) is 7.05 Å². The maximum atomic E-state index is 11.8. The van der Waals surface area contributed by atoms with Crippen LogP contribution >= 0.6 is 0 Å². The van der Waals surface area contributed by atoms with E-state index >= 15 is 0 Å². The van der Waals surface area contributed by atoms with Gasteiger partial charge in [-0.05, 0) is 33.3 Å². The molecule has 0 radical (unpaired) electrons. The molecule has 0 amide bonds. The summed E-state index contributed by atoms with van der Waals surface area (Å²) < 4.78 is 6.88. The Morgan fingerprint density at radius 3 is 2.62 bits per heavy atom. The number of hydrogen-bond donors (Lipinski definition) is 0. The molecule has 1 heterocycles. The lowest BCUT2D eigenvalue weighted by molar-refractivity contribution is 0.00576. The molecule has 0 atom stereocenters. The molecule has 0 aromatic carbocycles. The molecule has 0 fully saturated rings. The van der Waals surface area contributed by atoms with Gasteiger partial charge in [-0.2, -0.15) is 5.10 Å². The largest absolute Gasteiger partial charge is 0.455 e. The zero-order valence-electron chi connectivity index (χ0n) is 10.7. The van der Waals surface area contributed by atoms with Gasteiger partial charge in [0.05, 0.1) is 5.69 Å². The first-order valence-electron chi connectivity index (χ1n) is 5.59. The average Bonchev–Trinajstić information content (AvgIpc) is 2.44. The van der Waals surface area contributed by atoms with Crippen LogP contribution in [0.15, 0.2) is 6.07 Å². The van der Waals surface area contributed by atoms with Crippen LogP contribution in [0.2, 0.25) is 0 Å². The fraction of sp³-hybridized carbons (Fsp3) is 0.667. The van der Waals surface area contributed by atoms with Crippen molar-refractivity contribution in [3.05, 3.63) is 17.5 Å². The van der Waals surface area contributed by atoms with E-state index in [1.165, 1.54) is 0 Å². The smallest absolute Gasteiger partial charge is 0.357 e. The van der Waals surface area contributed by atoms with E-state index in [0.29, 0.717) is 5.69 Å². The van der Waals surface area contributed by atoms with Crippen molar-refractivity contribution < 1.29 is 9.53 Å². The number of rotatable bonds is 3. The van der Waals surface area contributed by atoms with Crippen LogP contribution in [0.3, 0.4) is 0 Å². The summed E-state index contributed by atoms with van der Waals surface area (Å²) in [5.41, 5.74) is 0.982. The lowest BCUT2D eigenvalue weighted by Gasteiger charge is -2.19. The summed E-state index contributed by atoms with van der Waals surface area (Å²) in [6, 6.07) is 1.80. The molecule has 0 aliphatic rings. The van der Waals surface area contributed by atoms with E-state index < -0.39 is 5.60 Å². The second-order valence-corrected chi connectivity index (χ2v) is 4.90. The Labute approximate surface area is 96.6 Å². The summed E-state index contributed by atoms with van der Waals surface area (Å²) >= 11 is 0. The molecule has 0 saturated carbocycles. The van der Waals surface area contributed by atoms with Gasteiger partial charge < -0.3 is 4.74 Å². The zero-order valence-corrected chi connectivity index (χ0v) is 10.7. The Bertz CT molecular complexity index is 375. The van der Waals surface area contributed by atoms with E-state index in [9.17, 15) is 4.79 Å². The van der Waals surface area contributed by atoms with Crippen LogP contribution in [-0.2, 0) is 18.2 Å². The van der Waals surface area contributed by atoms with E-state index in [1.54, 1.807) is 17.8 Å². The molecular formula is C12H20N2O2. The van der Waals surface area contributed by atoms with Crippen molar-refractivity contribution in [2.45, 2.75) is 46.1 Å². The number of hydrogen-bond acceptors (Lipinski definition) is 3. The molecule has 0 aliphatic heterocycles. The van der Waals surface area contributed by atoms with Crippen LogP contribution in [0, 0.1) is 0 Å². The van der Waals surface area contributed by atoms with Crippen LogP contribution in [0.1, 0.15) is 50.3 Å². The number of aromatic nitrogens is 2. The first-order valence-corrected chi connectivity index (χ1v) is 5.59. The summed E-state index contributed by atoms with van der Waals surface area (Å²) in [4.78, 5) is 11.8. The molecule has 0 aliphatic carbocycles. The van der Waals surface area contributed by atoms with Crippen LogP contribution in [0.4, 0.5) is 0 Å². The van der Waals surface area contributed by atoms with Crippen molar-refractivity contribution in [3.63, 3.8) is 0 Å². The summed E-state index contributed by atoms with van der Waals surface area (Å²) in [6.45, 7) is 7.65. The van der Waals surface area contributed by atoms with Crippen molar-refractivity contribution in [1.82, 2.24) is 9.78 Å². The molecule has 4 nitrogen and oxygen atoms in total. The monoisotopic (exact) mass is 224 g/mol. The predicted molar refractivity (Wildman–Crippen MR) is 62.4 cm³/mol. The fourth-order valence-corrected chi connectivity index (χ4v) is 1.43. The number of aryl methyl sites for hydroxylation is 2. The minimum Gasteiger partial charge on any atom is -0.455 e. The number of ether oxygens (including phenoxy) is 1. The molecule has 0 unspecified atom stereocenters. The topological polar surface area (TPSA) is 44.1 Å². The van der Waals surface area contributed by atoms with Gasteiger partial charge in [-0.3, -0.25) is 4.68 Å².